The van der Waals surface area contributed by atoms with Crippen molar-refractivity contribution in [3.05, 3.63) is 117 Å². The van der Waals surface area contributed by atoms with E-state index in [2.05, 4.69) is 190 Å². The minimum absolute atomic E-state index is 0.0684. The van der Waals surface area contributed by atoms with Gasteiger partial charge in [-0.1, -0.05) is 0 Å². The molecule has 4 aromatic rings. The normalized spacial score (nSPS) is 15.3. The summed E-state index contributed by atoms with van der Waals surface area (Å²) in [7, 11) is -10.8. The molecule has 0 unspecified atom stereocenters. The molecule has 0 aliphatic rings. The fourth-order valence-electron chi connectivity index (χ4n) is 9.22. The summed E-state index contributed by atoms with van der Waals surface area (Å²) in [4.78, 5) is 53.6. The molecule has 0 radical (unpaired) electrons. The van der Waals surface area contributed by atoms with Crippen molar-refractivity contribution in [2.45, 2.75) is 209 Å². The molecule has 0 amide bonds. The van der Waals surface area contributed by atoms with Crippen LogP contribution in [0.4, 0.5) is 0 Å². The molecule has 8 nitrogen and oxygen atoms in total. The van der Waals surface area contributed by atoms with E-state index >= 15 is 0 Å². The van der Waals surface area contributed by atoms with E-state index in [9.17, 15) is 19.6 Å². The van der Waals surface area contributed by atoms with Gasteiger partial charge in [0.25, 0.3) is 0 Å². The van der Waals surface area contributed by atoms with E-state index in [4.69, 9.17) is 18.5 Å². The predicted molar refractivity (Wildman–Crippen MR) is 310 cm³/mol. The molecular formula is C62H100O8P2. The Morgan fingerprint density at radius 2 is 0.458 bits per heavy atom. The Kier molecular flexibility index (Phi) is 17.6. The molecule has 10 heteroatoms. The Morgan fingerprint density at radius 3 is 0.625 bits per heavy atom. The van der Waals surface area contributed by atoms with Crippen LogP contribution in [-0.2, 0) is 61.8 Å². The Hall–Kier alpha value is -2.58. The molecule has 406 valence electrons. The van der Waals surface area contributed by atoms with Gasteiger partial charge in [0.1, 0.15) is 0 Å². The topological polar surface area (TPSA) is 118 Å². The summed E-state index contributed by atoms with van der Waals surface area (Å²) >= 11 is 0. The number of benzene rings is 4. The van der Waals surface area contributed by atoms with Crippen LogP contribution in [0.1, 0.15) is 211 Å². The molecule has 72 heavy (non-hydrogen) atoms. The second kappa shape index (κ2) is 20.4. The molecule has 0 saturated heterocycles. The first-order valence-electron chi connectivity index (χ1n) is 26.2. The summed E-state index contributed by atoms with van der Waals surface area (Å²) < 4.78 is 25.4. The molecule has 0 atom stereocenters. The standard InChI is InChI=1S/C62H100O8P2/c1-55(2,3)43-25-29-51(47(39-43)59(13,14)15)71(63,64,52-30-26-44(56(4,5)6)40-48(52)60(16,17)18)69-37-35-67-33-34-68-36-38-70-72(65,66,53-31-27-45(57(7,8)9)41-49(53)61(19,20)21)54-32-28-46(58(10,11)12)42-50(54)62(22,23)24/h25-32,39-42,63-66H,33-38H2,1-24H3. The predicted octanol–water partition coefficient (Wildman–Crippen LogP) is 13.3. The zero-order valence-corrected chi connectivity index (χ0v) is 51.3. The van der Waals surface area contributed by atoms with Crippen molar-refractivity contribution in [3.63, 3.8) is 0 Å². The van der Waals surface area contributed by atoms with Crippen molar-refractivity contribution in [2.24, 2.45) is 0 Å². The number of rotatable bonds is 15. The summed E-state index contributed by atoms with van der Waals surface area (Å²) in [6.45, 7) is 51.4. The maximum atomic E-state index is 13.4. The second-order valence-electron chi connectivity index (χ2n) is 28.7. The van der Waals surface area contributed by atoms with Crippen LogP contribution in [0.15, 0.2) is 72.8 Å². The summed E-state index contributed by atoms with van der Waals surface area (Å²) in [5, 5.41) is 1.57. The van der Waals surface area contributed by atoms with E-state index in [1.165, 1.54) is 0 Å². The van der Waals surface area contributed by atoms with Gasteiger partial charge < -0.3 is 0 Å². The zero-order valence-electron chi connectivity index (χ0n) is 49.5. The van der Waals surface area contributed by atoms with Gasteiger partial charge in [0.05, 0.1) is 0 Å². The van der Waals surface area contributed by atoms with Gasteiger partial charge in [-0.3, -0.25) is 0 Å². The molecular weight excluding hydrogens is 935 g/mol. The Labute approximate surface area is 438 Å². The SMILES string of the molecule is CC(C)(C)c1ccc(P(O)(O)(OCCOCCOCCOP(O)(O)(c2ccc(C(C)(C)C)cc2C(C)(C)C)c2ccc(C(C)(C)C)cc2C(C)(C)C)c2ccc(C(C)(C)C)cc2C(C)(C)C)c(C(C)(C)C)c1. The van der Waals surface area contributed by atoms with Gasteiger partial charge in [0.15, 0.2) is 0 Å². The van der Waals surface area contributed by atoms with E-state index in [1.54, 1.807) is 0 Å². The van der Waals surface area contributed by atoms with Crippen LogP contribution in [-0.4, -0.2) is 59.2 Å². The van der Waals surface area contributed by atoms with Crippen LogP contribution in [0.2, 0.25) is 0 Å². The second-order valence-corrected chi connectivity index (χ2v) is 34.9. The van der Waals surface area contributed by atoms with Crippen molar-refractivity contribution < 1.29 is 38.1 Å². The van der Waals surface area contributed by atoms with Gasteiger partial charge in [0.2, 0.25) is 0 Å². The third-order valence-corrected chi connectivity index (χ3v) is 20.3. The van der Waals surface area contributed by atoms with Gasteiger partial charge in [-0.05, 0) is 0 Å². The monoisotopic (exact) mass is 1030 g/mol. The number of ether oxygens (including phenoxy) is 2. The maximum absolute atomic E-state index is 13.4. The molecule has 0 spiro atoms. The van der Waals surface area contributed by atoms with Crippen molar-refractivity contribution >= 4 is 35.8 Å². The first kappa shape index (κ1) is 62.0. The van der Waals surface area contributed by atoms with Gasteiger partial charge in [-0.2, -0.15) is 0 Å². The van der Waals surface area contributed by atoms with E-state index in [0.717, 1.165) is 44.5 Å². The molecule has 4 N–H and O–H groups in total. The molecule has 0 aliphatic heterocycles. The average molecular weight is 1040 g/mol. The fourth-order valence-corrected chi connectivity index (χ4v) is 15.8. The average Bonchev–Trinajstić information content (AvgIpc) is 3.21. The quantitative estimate of drug-likeness (QED) is 0.0687. The molecule has 0 bridgehead atoms. The third-order valence-electron chi connectivity index (χ3n) is 13.9. The van der Waals surface area contributed by atoms with E-state index in [-0.39, 0.29) is 61.3 Å². The molecule has 0 saturated carbocycles. The van der Waals surface area contributed by atoms with Crippen LogP contribution >= 0.6 is 14.6 Å². The third kappa shape index (κ3) is 13.9. The van der Waals surface area contributed by atoms with Crippen molar-refractivity contribution in [2.75, 3.05) is 39.6 Å². The Bertz CT molecular complexity index is 2200. The zero-order chi connectivity index (χ0) is 55.4. The van der Waals surface area contributed by atoms with Gasteiger partial charge in [0, 0.05) is 0 Å². The van der Waals surface area contributed by atoms with Crippen LogP contribution in [0.25, 0.3) is 0 Å². The first-order chi connectivity index (χ1) is 32.1. The van der Waals surface area contributed by atoms with Crippen LogP contribution in [0.3, 0.4) is 0 Å². The van der Waals surface area contributed by atoms with Crippen LogP contribution < -0.4 is 21.2 Å². The molecule has 0 aromatic heterocycles. The Morgan fingerprint density at radius 1 is 0.278 bits per heavy atom. The van der Waals surface area contributed by atoms with Crippen molar-refractivity contribution in [3.8, 4) is 0 Å². The minimum atomic E-state index is -5.40. The molecule has 4 aromatic carbocycles. The molecule has 4 rings (SSSR count). The summed E-state index contributed by atoms with van der Waals surface area (Å²) in [5.41, 5.74) is 5.17. The summed E-state index contributed by atoms with van der Waals surface area (Å²) in [6, 6.07) is 23.9. The van der Waals surface area contributed by atoms with Crippen molar-refractivity contribution in [1.82, 2.24) is 0 Å². The fraction of sp³-hybridized carbons (Fsp3) is 0.613. The molecule has 0 heterocycles. The van der Waals surface area contributed by atoms with E-state index in [0.29, 0.717) is 21.2 Å². The van der Waals surface area contributed by atoms with E-state index < -0.39 is 36.2 Å². The molecule has 0 aliphatic carbocycles. The van der Waals surface area contributed by atoms with Crippen LogP contribution in [0.5, 0.6) is 0 Å². The van der Waals surface area contributed by atoms with E-state index in [1.807, 2.05) is 48.5 Å². The number of hydrogen-bond acceptors (Lipinski definition) is 8. The summed E-state index contributed by atoms with van der Waals surface area (Å²) in [6.07, 6.45) is 0. The van der Waals surface area contributed by atoms with Crippen LogP contribution in [0, 0.1) is 0 Å². The van der Waals surface area contributed by atoms with Gasteiger partial charge in [-0.15, -0.1) is 0 Å². The first-order valence-corrected chi connectivity index (χ1v) is 30.4. The molecule has 0 fully saturated rings. The van der Waals surface area contributed by atoms with Gasteiger partial charge in [-0.25, -0.2) is 0 Å². The van der Waals surface area contributed by atoms with Gasteiger partial charge >= 0.3 is 440 Å². The Balaban J connectivity index is 1.65. The number of hydrogen-bond donors (Lipinski definition) is 4. The summed E-state index contributed by atoms with van der Waals surface area (Å²) in [5.74, 6) is 0. The van der Waals surface area contributed by atoms with Crippen molar-refractivity contribution in [1.29, 1.82) is 0 Å².